The number of halogens is 1. The van der Waals surface area contributed by atoms with Crippen molar-refractivity contribution < 1.29 is 18.7 Å². The predicted molar refractivity (Wildman–Crippen MR) is 68.8 cm³/mol. The van der Waals surface area contributed by atoms with Crippen molar-refractivity contribution in [2.75, 3.05) is 18.1 Å². The van der Waals surface area contributed by atoms with Gasteiger partial charge < -0.3 is 9.64 Å². The first-order chi connectivity index (χ1) is 8.79. The third kappa shape index (κ3) is 2.81. The summed E-state index contributed by atoms with van der Waals surface area (Å²) in [4.78, 5) is 24.9. The lowest BCUT2D eigenvalue weighted by Crippen LogP contribution is -2.34. The number of carbonyl (C=O) groups excluding carboxylic acids is 2. The Bertz CT molecular complexity index is 534. The normalized spacial score (nSPS) is 15.1. The molecule has 0 bridgehead atoms. The average molecular weight is 265 g/mol. The van der Waals surface area contributed by atoms with Crippen LogP contribution in [-0.2, 0) is 9.53 Å². The van der Waals surface area contributed by atoms with Gasteiger partial charge >= 0.3 is 0 Å². The number of anilines is 1. The lowest BCUT2D eigenvalue weighted by molar-refractivity contribution is -0.114. The zero-order valence-electron chi connectivity index (χ0n) is 11.2. The van der Waals surface area contributed by atoms with Gasteiger partial charge in [-0.15, -0.1) is 0 Å². The van der Waals surface area contributed by atoms with Crippen LogP contribution < -0.4 is 4.90 Å². The smallest absolute Gasteiger partial charge is 0.299 e. The summed E-state index contributed by atoms with van der Waals surface area (Å²) in [5, 5.41) is 0. The molecule has 0 aliphatic carbocycles. The van der Waals surface area contributed by atoms with Gasteiger partial charge in [0.1, 0.15) is 5.82 Å². The highest BCUT2D eigenvalue weighted by Crippen LogP contribution is 2.29. The van der Waals surface area contributed by atoms with Crippen LogP contribution in [0, 0.1) is 5.82 Å². The molecule has 19 heavy (non-hydrogen) atoms. The van der Waals surface area contributed by atoms with Crippen LogP contribution in [0.15, 0.2) is 18.2 Å². The first-order valence-electron chi connectivity index (χ1n) is 6.09. The van der Waals surface area contributed by atoms with Gasteiger partial charge in [0.05, 0.1) is 23.5 Å². The molecule has 102 valence electrons. The van der Waals surface area contributed by atoms with Crippen molar-refractivity contribution in [3.8, 4) is 0 Å². The van der Waals surface area contributed by atoms with Crippen LogP contribution in [0.3, 0.4) is 0 Å². The van der Waals surface area contributed by atoms with E-state index in [1.54, 1.807) is 0 Å². The highest BCUT2D eigenvalue weighted by Gasteiger charge is 2.35. The van der Waals surface area contributed by atoms with E-state index in [1.165, 1.54) is 17.0 Å². The monoisotopic (exact) mass is 265 g/mol. The molecular formula is C14H16FNO3. The van der Waals surface area contributed by atoms with Crippen LogP contribution >= 0.6 is 0 Å². The zero-order chi connectivity index (χ0) is 14.2. The molecule has 4 nitrogen and oxygen atoms in total. The van der Waals surface area contributed by atoms with Crippen LogP contribution in [-0.4, -0.2) is 30.4 Å². The standard InChI is InChI=1S/C14H16FNO3/c1-14(2,3)19-7-6-16-11-5-4-9(15)8-10(11)12(17)13(16)18/h4-5,8H,6-7H2,1-3H3. The van der Waals surface area contributed by atoms with Crippen LogP contribution in [0.2, 0.25) is 0 Å². The molecule has 1 aliphatic heterocycles. The minimum Gasteiger partial charge on any atom is -0.374 e. The van der Waals surface area contributed by atoms with Gasteiger partial charge in [-0.25, -0.2) is 4.39 Å². The molecule has 0 atom stereocenters. The van der Waals surface area contributed by atoms with E-state index < -0.39 is 17.5 Å². The van der Waals surface area contributed by atoms with Gasteiger partial charge in [-0.1, -0.05) is 0 Å². The Balaban J connectivity index is 2.15. The third-order valence-corrected chi connectivity index (χ3v) is 2.78. The number of hydrogen-bond donors (Lipinski definition) is 0. The fourth-order valence-corrected chi connectivity index (χ4v) is 1.94. The van der Waals surface area contributed by atoms with E-state index in [0.717, 1.165) is 6.07 Å². The number of hydrogen-bond acceptors (Lipinski definition) is 3. The number of benzene rings is 1. The number of amides is 1. The maximum absolute atomic E-state index is 13.1. The number of rotatable bonds is 3. The van der Waals surface area contributed by atoms with E-state index in [1.807, 2.05) is 20.8 Å². The van der Waals surface area contributed by atoms with Crippen molar-refractivity contribution in [3.63, 3.8) is 0 Å². The summed E-state index contributed by atoms with van der Waals surface area (Å²) < 4.78 is 18.6. The molecule has 0 radical (unpaired) electrons. The fraction of sp³-hybridized carbons (Fsp3) is 0.429. The molecule has 0 N–H and O–H groups in total. The van der Waals surface area contributed by atoms with E-state index in [9.17, 15) is 14.0 Å². The second kappa shape index (κ2) is 4.74. The largest absolute Gasteiger partial charge is 0.374 e. The van der Waals surface area contributed by atoms with Crippen molar-refractivity contribution in [1.82, 2.24) is 0 Å². The fourth-order valence-electron chi connectivity index (χ4n) is 1.94. The maximum atomic E-state index is 13.1. The molecule has 0 fully saturated rings. The Morgan fingerprint density at radius 1 is 1.26 bits per heavy atom. The molecule has 1 aliphatic rings. The zero-order valence-corrected chi connectivity index (χ0v) is 11.2. The molecule has 0 saturated carbocycles. The van der Waals surface area contributed by atoms with Crippen molar-refractivity contribution in [3.05, 3.63) is 29.6 Å². The Hall–Kier alpha value is -1.75. The van der Waals surface area contributed by atoms with Gasteiger partial charge in [-0.05, 0) is 39.0 Å². The van der Waals surface area contributed by atoms with Crippen LogP contribution in [0.1, 0.15) is 31.1 Å². The average Bonchev–Trinajstić information content (AvgIpc) is 2.53. The summed E-state index contributed by atoms with van der Waals surface area (Å²) in [7, 11) is 0. The second-order valence-corrected chi connectivity index (χ2v) is 5.41. The summed E-state index contributed by atoms with van der Waals surface area (Å²) in [6.07, 6.45) is 0. The maximum Gasteiger partial charge on any atom is 0.299 e. The van der Waals surface area contributed by atoms with E-state index in [0.29, 0.717) is 12.3 Å². The third-order valence-electron chi connectivity index (χ3n) is 2.78. The number of Topliss-reactive ketones (excluding diaryl/α,β-unsaturated/α-hetero) is 1. The summed E-state index contributed by atoms with van der Waals surface area (Å²) in [5.41, 5.74) is 0.271. The van der Waals surface area contributed by atoms with E-state index in [2.05, 4.69) is 0 Å². The van der Waals surface area contributed by atoms with Gasteiger partial charge in [-0.2, -0.15) is 0 Å². The van der Waals surface area contributed by atoms with Crippen molar-refractivity contribution in [2.24, 2.45) is 0 Å². The number of ether oxygens (including phenoxy) is 1. The summed E-state index contributed by atoms with van der Waals surface area (Å²) in [6.45, 7) is 6.33. The van der Waals surface area contributed by atoms with Crippen molar-refractivity contribution in [1.29, 1.82) is 0 Å². The van der Waals surface area contributed by atoms with Gasteiger partial charge in [0, 0.05) is 6.54 Å². The molecule has 5 heteroatoms. The number of fused-ring (bicyclic) bond motifs is 1. The molecule has 0 spiro atoms. The highest BCUT2D eigenvalue weighted by atomic mass is 19.1. The first-order valence-corrected chi connectivity index (χ1v) is 6.09. The molecule has 1 aromatic carbocycles. The lowest BCUT2D eigenvalue weighted by atomic mass is 10.1. The molecule has 0 aromatic heterocycles. The predicted octanol–water partition coefficient (Wildman–Crippen LogP) is 2.17. The van der Waals surface area contributed by atoms with Gasteiger partial charge in [0.2, 0.25) is 0 Å². The Kier molecular flexibility index (Phi) is 3.41. The number of ketones is 1. The van der Waals surface area contributed by atoms with E-state index >= 15 is 0 Å². The van der Waals surface area contributed by atoms with Crippen LogP contribution in [0.4, 0.5) is 10.1 Å². The molecule has 2 rings (SSSR count). The lowest BCUT2D eigenvalue weighted by Gasteiger charge is -2.22. The first kappa shape index (κ1) is 13.7. The number of nitrogens with zero attached hydrogens (tertiary/aromatic N) is 1. The highest BCUT2D eigenvalue weighted by molar-refractivity contribution is 6.52. The molecule has 1 amide bonds. The van der Waals surface area contributed by atoms with E-state index in [-0.39, 0.29) is 17.7 Å². The van der Waals surface area contributed by atoms with Gasteiger partial charge in [-0.3, -0.25) is 9.59 Å². The molecule has 1 aromatic rings. The summed E-state index contributed by atoms with van der Waals surface area (Å²) >= 11 is 0. The molecular weight excluding hydrogens is 249 g/mol. The molecule has 0 saturated heterocycles. The minimum atomic E-state index is -0.662. The Morgan fingerprint density at radius 3 is 2.58 bits per heavy atom. The van der Waals surface area contributed by atoms with Crippen LogP contribution in [0.25, 0.3) is 0 Å². The Morgan fingerprint density at radius 2 is 1.95 bits per heavy atom. The van der Waals surface area contributed by atoms with Crippen LogP contribution in [0.5, 0.6) is 0 Å². The minimum absolute atomic E-state index is 0.126. The molecule has 0 unspecified atom stereocenters. The summed E-state index contributed by atoms with van der Waals surface area (Å²) in [6, 6.07) is 3.78. The quantitative estimate of drug-likeness (QED) is 0.787. The second-order valence-electron chi connectivity index (χ2n) is 5.41. The van der Waals surface area contributed by atoms with Gasteiger partial charge in [0.15, 0.2) is 0 Å². The topological polar surface area (TPSA) is 46.6 Å². The van der Waals surface area contributed by atoms with Crippen molar-refractivity contribution in [2.45, 2.75) is 26.4 Å². The number of carbonyl (C=O) groups is 2. The van der Waals surface area contributed by atoms with E-state index in [4.69, 9.17) is 4.74 Å². The SMILES string of the molecule is CC(C)(C)OCCN1C(=O)C(=O)c2cc(F)ccc21. The Labute approximate surface area is 111 Å². The van der Waals surface area contributed by atoms with Gasteiger partial charge in [0.25, 0.3) is 11.7 Å². The molecule has 1 heterocycles. The summed E-state index contributed by atoms with van der Waals surface area (Å²) in [5.74, 6) is -1.81. The van der Waals surface area contributed by atoms with Crippen molar-refractivity contribution >= 4 is 17.4 Å².